The van der Waals surface area contributed by atoms with E-state index < -0.39 is 6.10 Å². The Labute approximate surface area is 89.1 Å². The van der Waals surface area contributed by atoms with E-state index in [1.807, 2.05) is 11.4 Å². The molecule has 0 aliphatic heterocycles. The number of aliphatic hydroxyl groups is 1. The molecule has 1 heterocycles. The Morgan fingerprint density at radius 2 is 2.38 bits per heavy atom. The molecule has 1 aromatic rings. The van der Waals surface area contributed by atoms with Crippen molar-refractivity contribution in [2.75, 3.05) is 11.9 Å². The highest BCUT2D eigenvalue weighted by Gasteiger charge is 2.16. The smallest absolute Gasteiger partial charge is 0.255 e. The molecule has 0 aromatic carbocycles. The number of hydrogen-bond acceptors (Lipinski definition) is 3. The average molecular weight is 264 g/mol. The first-order valence-electron chi connectivity index (χ1n) is 3.72. The molecule has 1 unspecified atom stereocenters. The second kappa shape index (κ2) is 4.21. The Hall–Kier alpha value is -0.390. The van der Waals surface area contributed by atoms with Crippen LogP contribution in [0.4, 0.5) is 5.00 Å². The van der Waals surface area contributed by atoms with Crippen molar-refractivity contribution < 1.29 is 9.90 Å². The van der Waals surface area contributed by atoms with Gasteiger partial charge < -0.3 is 10.0 Å². The third-order valence-corrected chi connectivity index (χ3v) is 3.34. The van der Waals surface area contributed by atoms with Crippen LogP contribution in [0.5, 0.6) is 0 Å². The number of aliphatic hydroxyl groups excluding tert-OH is 1. The summed E-state index contributed by atoms with van der Waals surface area (Å²) in [5, 5.41) is 11.8. The summed E-state index contributed by atoms with van der Waals surface area (Å²) in [6.07, 6.45) is -0.953. The van der Waals surface area contributed by atoms with Crippen LogP contribution in [-0.4, -0.2) is 24.2 Å². The van der Waals surface area contributed by atoms with E-state index in [1.165, 1.54) is 23.2 Å². The molecule has 0 bridgehead atoms. The lowest BCUT2D eigenvalue weighted by molar-refractivity contribution is -0.125. The van der Waals surface area contributed by atoms with E-state index in [0.717, 1.165) is 9.47 Å². The summed E-state index contributed by atoms with van der Waals surface area (Å²) in [4.78, 5) is 12.8. The van der Waals surface area contributed by atoms with Crippen LogP contribution in [0.1, 0.15) is 6.92 Å². The van der Waals surface area contributed by atoms with Gasteiger partial charge in [0.15, 0.2) is 0 Å². The molecule has 1 atom stereocenters. The van der Waals surface area contributed by atoms with Crippen LogP contribution in [-0.2, 0) is 4.79 Å². The lowest BCUT2D eigenvalue weighted by atomic mass is 10.3. The number of halogens is 1. The number of anilines is 1. The van der Waals surface area contributed by atoms with Crippen molar-refractivity contribution in [3.63, 3.8) is 0 Å². The van der Waals surface area contributed by atoms with E-state index >= 15 is 0 Å². The zero-order chi connectivity index (χ0) is 10.0. The van der Waals surface area contributed by atoms with Crippen molar-refractivity contribution >= 4 is 38.2 Å². The summed E-state index contributed by atoms with van der Waals surface area (Å²) in [5.41, 5.74) is 0. The van der Waals surface area contributed by atoms with E-state index in [0.29, 0.717) is 0 Å². The van der Waals surface area contributed by atoms with Gasteiger partial charge >= 0.3 is 0 Å². The topological polar surface area (TPSA) is 40.5 Å². The minimum atomic E-state index is -0.953. The number of amides is 1. The van der Waals surface area contributed by atoms with Crippen LogP contribution in [0.2, 0.25) is 0 Å². The Balaban J connectivity index is 2.79. The molecule has 1 amide bonds. The minimum Gasteiger partial charge on any atom is -0.384 e. The van der Waals surface area contributed by atoms with Gasteiger partial charge in [-0.1, -0.05) is 0 Å². The van der Waals surface area contributed by atoms with Crippen LogP contribution in [0.3, 0.4) is 0 Å². The van der Waals surface area contributed by atoms with Gasteiger partial charge in [0.2, 0.25) is 0 Å². The third-order valence-electron chi connectivity index (χ3n) is 1.57. The molecule has 3 nitrogen and oxygen atoms in total. The maximum atomic E-state index is 11.3. The number of hydrogen-bond donors (Lipinski definition) is 1. The van der Waals surface area contributed by atoms with Crippen molar-refractivity contribution in [1.29, 1.82) is 0 Å². The van der Waals surface area contributed by atoms with Gasteiger partial charge in [-0.3, -0.25) is 4.79 Å². The van der Waals surface area contributed by atoms with Gasteiger partial charge in [0.05, 0.1) is 5.00 Å². The maximum Gasteiger partial charge on any atom is 0.255 e. The lowest BCUT2D eigenvalue weighted by Crippen LogP contribution is -2.33. The quantitative estimate of drug-likeness (QED) is 0.885. The number of nitrogens with zero attached hydrogens (tertiary/aromatic N) is 1. The first kappa shape index (κ1) is 10.7. The number of carbonyl (C=O) groups excluding carboxylic acids is 1. The molecule has 1 rings (SSSR count). The summed E-state index contributed by atoms with van der Waals surface area (Å²) in [6.45, 7) is 1.46. The Morgan fingerprint density at radius 3 is 2.77 bits per heavy atom. The van der Waals surface area contributed by atoms with Crippen LogP contribution < -0.4 is 4.90 Å². The highest BCUT2D eigenvalue weighted by Crippen LogP contribution is 2.27. The van der Waals surface area contributed by atoms with Crippen molar-refractivity contribution in [2.24, 2.45) is 0 Å². The molecule has 0 aliphatic rings. The first-order chi connectivity index (χ1) is 6.02. The average Bonchev–Trinajstić information content (AvgIpc) is 2.49. The van der Waals surface area contributed by atoms with Gasteiger partial charge in [0, 0.05) is 16.9 Å². The highest BCUT2D eigenvalue weighted by molar-refractivity contribution is 9.10. The van der Waals surface area contributed by atoms with Crippen molar-refractivity contribution in [1.82, 2.24) is 0 Å². The van der Waals surface area contributed by atoms with Crippen LogP contribution >= 0.6 is 27.3 Å². The largest absolute Gasteiger partial charge is 0.384 e. The molecule has 0 aliphatic carbocycles. The van der Waals surface area contributed by atoms with Crippen LogP contribution in [0, 0.1) is 0 Å². The molecule has 0 spiro atoms. The van der Waals surface area contributed by atoms with Crippen LogP contribution in [0.25, 0.3) is 0 Å². The summed E-state index contributed by atoms with van der Waals surface area (Å²) in [6, 6.07) is 1.84. The van der Waals surface area contributed by atoms with E-state index in [1.54, 1.807) is 7.05 Å². The molecule has 1 aromatic heterocycles. The molecular formula is C8H10BrNO2S. The molecule has 0 fully saturated rings. The molecule has 13 heavy (non-hydrogen) atoms. The Kier molecular flexibility index (Phi) is 3.47. The fourth-order valence-corrected chi connectivity index (χ4v) is 2.26. The maximum absolute atomic E-state index is 11.3. The second-order valence-corrected chi connectivity index (χ2v) is 4.48. The third kappa shape index (κ3) is 2.52. The molecule has 0 saturated heterocycles. The van der Waals surface area contributed by atoms with Gasteiger partial charge in [-0.2, -0.15) is 0 Å². The summed E-state index contributed by atoms with van der Waals surface area (Å²) < 4.78 is 0.942. The lowest BCUT2D eigenvalue weighted by Gasteiger charge is -2.16. The monoisotopic (exact) mass is 263 g/mol. The zero-order valence-electron chi connectivity index (χ0n) is 7.32. The predicted molar refractivity (Wildman–Crippen MR) is 57.1 cm³/mol. The molecule has 0 saturated carbocycles. The van der Waals surface area contributed by atoms with Crippen LogP contribution in [0.15, 0.2) is 15.9 Å². The van der Waals surface area contributed by atoms with E-state index in [9.17, 15) is 4.79 Å². The molecule has 1 N–H and O–H groups in total. The standard InChI is InChI=1S/C8H10BrNO2S/c1-5(11)8(12)10(2)7-3-6(9)4-13-7/h3-5,11H,1-2H3. The zero-order valence-corrected chi connectivity index (χ0v) is 9.72. The van der Waals surface area contributed by atoms with Crippen molar-refractivity contribution in [3.05, 3.63) is 15.9 Å². The Morgan fingerprint density at radius 1 is 1.77 bits per heavy atom. The van der Waals surface area contributed by atoms with Gasteiger partial charge in [-0.05, 0) is 28.9 Å². The van der Waals surface area contributed by atoms with Gasteiger partial charge in [0.25, 0.3) is 5.91 Å². The van der Waals surface area contributed by atoms with E-state index in [4.69, 9.17) is 5.11 Å². The van der Waals surface area contributed by atoms with Gasteiger partial charge in [-0.15, -0.1) is 11.3 Å². The molecular weight excluding hydrogens is 254 g/mol. The van der Waals surface area contributed by atoms with Gasteiger partial charge in [-0.25, -0.2) is 0 Å². The molecule has 0 radical (unpaired) electrons. The van der Waals surface area contributed by atoms with Crippen molar-refractivity contribution in [2.45, 2.75) is 13.0 Å². The van der Waals surface area contributed by atoms with Gasteiger partial charge in [0.1, 0.15) is 6.10 Å². The first-order valence-corrected chi connectivity index (χ1v) is 5.39. The molecule has 5 heteroatoms. The highest BCUT2D eigenvalue weighted by atomic mass is 79.9. The Bertz CT molecular complexity index is 311. The summed E-state index contributed by atoms with van der Waals surface area (Å²) >= 11 is 4.75. The summed E-state index contributed by atoms with van der Waals surface area (Å²) in [5.74, 6) is -0.297. The SMILES string of the molecule is CC(O)C(=O)N(C)c1cc(Br)cs1. The molecule has 72 valence electrons. The number of rotatable bonds is 2. The number of thiophene rings is 1. The van der Waals surface area contributed by atoms with E-state index in [-0.39, 0.29) is 5.91 Å². The second-order valence-electron chi connectivity index (χ2n) is 2.68. The minimum absolute atomic E-state index is 0.297. The van der Waals surface area contributed by atoms with E-state index in [2.05, 4.69) is 15.9 Å². The fraction of sp³-hybridized carbons (Fsp3) is 0.375. The fourth-order valence-electron chi connectivity index (χ4n) is 0.867. The predicted octanol–water partition coefficient (Wildman–Crippen LogP) is 1.85. The normalized spacial score (nSPS) is 12.6. The number of likely N-dealkylation sites (N-methyl/N-ethyl adjacent to an activating group) is 1. The summed E-state index contributed by atoms with van der Waals surface area (Å²) in [7, 11) is 1.65. The number of carbonyl (C=O) groups is 1. The van der Waals surface area contributed by atoms with Crippen molar-refractivity contribution in [3.8, 4) is 0 Å².